The average Bonchev–Trinajstić information content (AvgIpc) is 1.96. The first-order chi connectivity index (χ1) is 5.52. The van der Waals surface area contributed by atoms with Crippen molar-refractivity contribution in [1.82, 2.24) is 0 Å². The Morgan fingerprint density at radius 1 is 1.58 bits per heavy atom. The monoisotopic (exact) mass is 343 g/mol. The van der Waals surface area contributed by atoms with Gasteiger partial charge in [-0.2, -0.15) is 0 Å². The molecular weight excluding hydrogens is 341 g/mol. The van der Waals surface area contributed by atoms with Crippen molar-refractivity contribution in [2.24, 2.45) is 0 Å². The SMILES string of the molecule is O=[N+]([O-])c1cc(I)c(Br)cc1O. The minimum Gasteiger partial charge on any atom is -0.502 e. The van der Waals surface area contributed by atoms with Crippen molar-refractivity contribution in [3.05, 3.63) is 30.3 Å². The van der Waals surface area contributed by atoms with Gasteiger partial charge in [-0.1, -0.05) is 0 Å². The van der Waals surface area contributed by atoms with Crippen molar-refractivity contribution in [1.29, 1.82) is 0 Å². The molecule has 1 N–H and O–H groups in total. The molecule has 0 aliphatic carbocycles. The summed E-state index contributed by atoms with van der Waals surface area (Å²) in [6, 6.07) is 2.61. The van der Waals surface area contributed by atoms with E-state index in [9.17, 15) is 10.1 Å². The molecule has 0 heterocycles. The molecular formula is C6H3BrINO3. The van der Waals surface area contributed by atoms with E-state index in [0.29, 0.717) is 8.04 Å². The van der Waals surface area contributed by atoms with Crippen LogP contribution in [0.4, 0.5) is 5.69 Å². The Labute approximate surface area is 90.0 Å². The summed E-state index contributed by atoms with van der Waals surface area (Å²) in [5, 5.41) is 19.4. The predicted octanol–water partition coefficient (Wildman–Crippen LogP) is 2.67. The van der Waals surface area contributed by atoms with Gasteiger partial charge in [-0.05, 0) is 38.5 Å². The lowest BCUT2D eigenvalue weighted by Gasteiger charge is -1.98. The molecule has 0 aliphatic heterocycles. The summed E-state index contributed by atoms with van der Waals surface area (Å²) in [6.07, 6.45) is 0. The van der Waals surface area contributed by atoms with Crippen molar-refractivity contribution in [2.45, 2.75) is 0 Å². The first-order valence-corrected chi connectivity index (χ1v) is 4.72. The molecule has 0 aliphatic rings. The van der Waals surface area contributed by atoms with Gasteiger partial charge in [0.15, 0.2) is 5.75 Å². The average molecular weight is 344 g/mol. The Kier molecular flexibility index (Phi) is 2.89. The molecule has 6 heteroatoms. The zero-order valence-corrected chi connectivity index (χ0v) is 9.37. The molecule has 0 fully saturated rings. The number of phenolic OH excluding ortho intramolecular Hbond substituents is 1. The molecule has 4 nitrogen and oxygen atoms in total. The molecule has 0 unspecified atom stereocenters. The van der Waals surface area contributed by atoms with Gasteiger partial charge >= 0.3 is 5.69 Å². The highest BCUT2D eigenvalue weighted by Gasteiger charge is 2.14. The summed E-state index contributed by atoms with van der Waals surface area (Å²) in [7, 11) is 0. The van der Waals surface area contributed by atoms with Crippen molar-refractivity contribution < 1.29 is 10.0 Å². The van der Waals surface area contributed by atoms with Gasteiger partial charge in [0, 0.05) is 20.2 Å². The highest BCUT2D eigenvalue weighted by molar-refractivity contribution is 14.1. The lowest BCUT2D eigenvalue weighted by atomic mass is 10.3. The number of aromatic hydroxyl groups is 1. The van der Waals surface area contributed by atoms with E-state index >= 15 is 0 Å². The van der Waals surface area contributed by atoms with Crippen LogP contribution in [0.5, 0.6) is 5.75 Å². The van der Waals surface area contributed by atoms with E-state index in [-0.39, 0.29) is 11.4 Å². The molecule has 0 bridgehead atoms. The van der Waals surface area contributed by atoms with Crippen LogP contribution < -0.4 is 0 Å². The minimum absolute atomic E-state index is 0.275. The summed E-state index contributed by atoms with van der Waals surface area (Å²) < 4.78 is 1.34. The molecule has 0 amide bonds. The second-order valence-electron chi connectivity index (χ2n) is 2.01. The molecule has 1 aromatic rings. The summed E-state index contributed by atoms with van der Waals surface area (Å²) in [5.41, 5.74) is -0.275. The van der Waals surface area contributed by atoms with Gasteiger partial charge in [0.1, 0.15) is 0 Å². The van der Waals surface area contributed by atoms with Crippen molar-refractivity contribution in [2.75, 3.05) is 0 Å². The summed E-state index contributed by atoms with van der Waals surface area (Å²) >= 11 is 5.08. The summed E-state index contributed by atoms with van der Waals surface area (Å²) in [4.78, 5) is 9.69. The lowest BCUT2D eigenvalue weighted by molar-refractivity contribution is -0.386. The van der Waals surface area contributed by atoms with Gasteiger partial charge in [-0.3, -0.25) is 10.1 Å². The van der Waals surface area contributed by atoms with E-state index < -0.39 is 4.92 Å². The highest BCUT2D eigenvalue weighted by atomic mass is 127. The summed E-state index contributed by atoms with van der Waals surface area (Å²) in [5.74, 6) is -0.327. The minimum atomic E-state index is -0.621. The third-order valence-electron chi connectivity index (χ3n) is 1.21. The maximum Gasteiger partial charge on any atom is 0.311 e. The normalized spacial score (nSPS) is 9.83. The molecule has 0 atom stereocenters. The fourth-order valence-electron chi connectivity index (χ4n) is 0.672. The van der Waals surface area contributed by atoms with Crippen LogP contribution in [-0.4, -0.2) is 10.0 Å². The van der Waals surface area contributed by atoms with Gasteiger partial charge in [0.2, 0.25) is 0 Å². The molecule has 0 saturated carbocycles. The number of nitro benzene ring substituents is 1. The number of benzene rings is 1. The van der Waals surface area contributed by atoms with E-state index in [0.717, 1.165) is 0 Å². The fourth-order valence-corrected chi connectivity index (χ4v) is 1.45. The second-order valence-corrected chi connectivity index (χ2v) is 4.03. The van der Waals surface area contributed by atoms with Gasteiger partial charge in [0.05, 0.1) is 4.92 Å². The standard InChI is InChI=1S/C6H3BrINO3/c7-3-1-6(10)5(9(11)12)2-4(3)8/h1-2,10H. The van der Waals surface area contributed by atoms with Gasteiger partial charge in [-0.25, -0.2) is 0 Å². The van der Waals surface area contributed by atoms with E-state index in [2.05, 4.69) is 15.9 Å². The number of hydrogen-bond donors (Lipinski definition) is 1. The molecule has 0 aromatic heterocycles. The quantitative estimate of drug-likeness (QED) is 0.484. The van der Waals surface area contributed by atoms with Crippen LogP contribution in [-0.2, 0) is 0 Å². The van der Waals surface area contributed by atoms with Crippen molar-refractivity contribution >= 4 is 44.2 Å². The van der Waals surface area contributed by atoms with Crippen LogP contribution in [0, 0.1) is 13.7 Å². The van der Waals surface area contributed by atoms with Crippen LogP contribution in [0.3, 0.4) is 0 Å². The van der Waals surface area contributed by atoms with Crippen LogP contribution in [0.25, 0.3) is 0 Å². The second kappa shape index (κ2) is 3.56. The Bertz CT molecular complexity index is 342. The Morgan fingerprint density at radius 2 is 2.17 bits per heavy atom. The molecule has 1 aromatic carbocycles. The van der Waals surface area contributed by atoms with Crippen molar-refractivity contribution in [3.63, 3.8) is 0 Å². The van der Waals surface area contributed by atoms with Crippen LogP contribution in [0.2, 0.25) is 0 Å². The van der Waals surface area contributed by atoms with Crippen LogP contribution in [0.1, 0.15) is 0 Å². The van der Waals surface area contributed by atoms with Gasteiger partial charge in [-0.15, -0.1) is 0 Å². The number of nitro groups is 1. The summed E-state index contributed by atoms with van der Waals surface area (Å²) in [6.45, 7) is 0. The lowest BCUT2D eigenvalue weighted by Crippen LogP contribution is -1.89. The predicted molar refractivity (Wildman–Crippen MR) is 55.2 cm³/mol. The number of rotatable bonds is 1. The number of phenols is 1. The maximum atomic E-state index is 10.3. The molecule has 0 radical (unpaired) electrons. The third-order valence-corrected chi connectivity index (χ3v) is 3.50. The van der Waals surface area contributed by atoms with Gasteiger partial charge in [0.25, 0.3) is 0 Å². The molecule has 0 spiro atoms. The first kappa shape index (κ1) is 9.72. The molecule has 1 rings (SSSR count). The molecule has 64 valence electrons. The van der Waals surface area contributed by atoms with E-state index in [1.54, 1.807) is 0 Å². The molecule has 12 heavy (non-hydrogen) atoms. The highest BCUT2D eigenvalue weighted by Crippen LogP contribution is 2.32. The Hall–Kier alpha value is -0.370. The third kappa shape index (κ3) is 1.86. The zero-order chi connectivity index (χ0) is 9.30. The Balaban J connectivity index is 3.33. The van der Waals surface area contributed by atoms with E-state index in [1.807, 2.05) is 22.6 Å². The number of nitrogens with zero attached hydrogens (tertiary/aromatic N) is 1. The largest absolute Gasteiger partial charge is 0.502 e. The maximum absolute atomic E-state index is 10.3. The van der Waals surface area contributed by atoms with E-state index in [4.69, 9.17) is 5.11 Å². The number of hydrogen-bond acceptors (Lipinski definition) is 3. The van der Waals surface area contributed by atoms with Crippen LogP contribution >= 0.6 is 38.5 Å². The van der Waals surface area contributed by atoms with Crippen LogP contribution in [0.15, 0.2) is 16.6 Å². The topological polar surface area (TPSA) is 63.4 Å². The number of halogens is 2. The zero-order valence-electron chi connectivity index (χ0n) is 5.62. The molecule has 0 saturated heterocycles. The Morgan fingerprint density at radius 3 is 2.67 bits per heavy atom. The van der Waals surface area contributed by atoms with Crippen molar-refractivity contribution in [3.8, 4) is 5.75 Å². The first-order valence-electron chi connectivity index (χ1n) is 2.85. The van der Waals surface area contributed by atoms with E-state index in [1.165, 1.54) is 12.1 Å². The fraction of sp³-hybridized carbons (Fsp3) is 0. The van der Waals surface area contributed by atoms with Gasteiger partial charge < -0.3 is 5.11 Å². The smallest absolute Gasteiger partial charge is 0.311 e.